The monoisotopic (exact) mass is 285 g/mol. The van der Waals surface area contributed by atoms with E-state index in [0.717, 1.165) is 36.0 Å². The van der Waals surface area contributed by atoms with Gasteiger partial charge in [-0.15, -0.1) is 0 Å². The second-order valence-corrected chi connectivity index (χ2v) is 6.84. The van der Waals surface area contributed by atoms with Gasteiger partial charge in [-0.25, -0.2) is 0 Å². The highest BCUT2D eigenvalue weighted by atomic mass is 16.2. The maximum atomic E-state index is 12.5. The normalized spacial score (nSPS) is 19.1. The van der Waals surface area contributed by atoms with Crippen LogP contribution < -0.4 is 5.73 Å². The molecule has 112 valence electrons. The Balaban J connectivity index is 1.71. The van der Waals surface area contributed by atoms with Crippen LogP contribution >= 0.6 is 0 Å². The predicted molar refractivity (Wildman–Crippen MR) is 85.0 cm³/mol. The van der Waals surface area contributed by atoms with Crippen LogP contribution in [-0.4, -0.2) is 34.9 Å². The highest BCUT2D eigenvalue weighted by Gasteiger charge is 2.34. The number of benzene rings is 1. The average Bonchev–Trinajstić information content (AvgIpc) is 3.02. The van der Waals surface area contributed by atoms with E-state index < -0.39 is 6.04 Å². The molecule has 2 aromatic rings. The molecule has 3 rings (SSSR count). The fourth-order valence-electron chi connectivity index (χ4n) is 3.16. The molecule has 1 aromatic carbocycles. The summed E-state index contributed by atoms with van der Waals surface area (Å²) in [4.78, 5) is 17.6. The number of carbonyl (C=O) groups is 1. The van der Waals surface area contributed by atoms with E-state index in [0.29, 0.717) is 6.42 Å². The molecule has 1 unspecified atom stereocenters. The van der Waals surface area contributed by atoms with Crippen LogP contribution in [0.3, 0.4) is 0 Å². The number of aromatic amines is 1. The van der Waals surface area contributed by atoms with Crippen LogP contribution in [0, 0.1) is 5.41 Å². The summed E-state index contributed by atoms with van der Waals surface area (Å²) in [6, 6.07) is 7.65. The van der Waals surface area contributed by atoms with Crippen LogP contribution in [0.4, 0.5) is 0 Å². The van der Waals surface area contributed by atoms with Gasteiger partial charge < -0.3 is 15.6 Å². The lowest BCUT2D eigenvalue weighted by Crippen LogP contribution is -2.44. The first-order valence-electron chi connectivity index (χ1n) is 7.56. The van der Waals surface area contributed by atoms with Crippen LogP contribution in [0.2, 0.25) is 0 Å². The zero-order valence-electron chi connectivity index (χ0n) is 12.7. The Bertz CT molecular complexity index is 659. The lowest BCUT2D eigenvalue weighted by molar-refractivity contribution is -0.131. The molecule has 3 N–H and O–H groups in total. The number of rotatable bonds is 3. The molecule has 0 saturated carbocycles. The van der Waals surface area contributed by atoms with Gasteiger partial charge in [0, 0.05) is 30.2 Å². The van der Waals surface area contributed by atoms with Gasteiger partial charge in [-0.1, -0.05) is 32.0 Å². The van der Waals surface area contributed by atoms with E-state index in [2.05, 4.69) is 24.9 Å². The SMILES string of the molecule is CC1(C)CCN(C(=O)C(N)Cc2c[nH]c3ccccc23)C1. The van der Waals surface area contributed by atoms with E-state index in [1.807, 2.05) is 29.3 Å². The van der Waals surface area contributed by atoms with Crippen LogP contribution in [0.5, 0.6) is 0 Å². The van der Waals surface area contributed by atoms with E-state index >= 15 is 0 Å². The third kappa shape index (κ3) is 2.81. The molecule has 1 saturated heterocycles. The number of hydrogen-bond donors (Lipinski definition) is 2. The number of nitrogens with zero attached hydrogens (tertiary/aromatic N) is 1. The largest absolute Gasteiger partial charge is 0.361 e. The van der Waals surface area contributed by atoms with Crippen LogP contribution in [0.25, 0.3) is 10.9 Å². The van der Waals surface area contributed by atoms with Crippen molar-refractivity contribution in [2.24, 2.45) is 11.1 Å². The number of aromatic nitrogens is 1. The first-order chi connectivity index (χ1) is 9.96. The third-order valence-electron chi connectivity index (χ3n) is 4.42. The standard InChI is InChI=1S/C17H23N3O/c1-17(2)7-8-20(11-17)16(21)14(18)9-12-10-19-15-6-4-3-5-13(12)15/h3-6,10,14,19H,7-9,11,18H2,1-2H3. The van der Waals surface area contributed by atoms with Crippen molar-refractivity contribution in [2.75, 3.05) is 13.1 Å². The highest BCUT2D eigenvalue weighted by molar-refractivity contribution is 5.86. The van der Waals surface area contributed by atoms with Gasteiger partial charge in [0.2, 0.25) is 5.91 Å². The molecule has 0 aliphatic carbocycles. The zero-order chi connectivity index (χ0) is 15.0. The van der Waals surface area contributed by atoms with E-state index in [-0.39, 0.29) is 11.3 Å². The van der Waals surface area contributed by atoms with Gasteiger partial charge in [0.15, 0.2) is 0 Å². The Morgan fingerprint density at radius 3 is 2.90 bits per heavy atom. The van der Waals surface area contributed by atoms with Gasteiger partial charge in [-0.05, 0) is 29.9 Å². The molecule has 1 atom stereocenters. The van der Waals surface area contributed by atoms with Crippen LogP contribution in [-0.2, 0) is 11.2 Å². The van der Waals surface area contributed by atoms with Gasteiger partial charge in [0.25, 0.3) is 0 Å². The van der Waals surface area contributed by atoms with E-state index in [1.165, 1.54) is 0 Å². The Morgan fingerprint density at radius 2 is 2.19 bits per heavy atom. The zero-order valence-corrected chi connectivity index (χ0v) is 12.7. The van der Waals surface area contributed by atoms with Gasteiger partial charge in [-0.2, -0.15) is 0 Å². The topological polar surface area (TPSA) is 62.1 Å². The molecule has 1 amide bonds. The number of carbonyl (C=O) groups excluding carboxylic acids is 1. The predicted octanol–water partition coefficient (Wildman–Crippen LogP) is 2.30. The maximum absolute atomic E-state index is 12.5. The van der Waals surface area contributed by atoms with Gasteiger partial charge in [-0.3, -0.25) is 4.79 Å². The van der Waals surface area contributed by atoms with Crippen molar-refractivity contribution < 1.29 is 4.79 Å². The molecule has 1 aromatic heterocycles. The van der Waals surface area contributed by atoms with Crippen molar-refractivity contribution in [1.29, 1.82) is 0 Å². The highest BCUT2D eigenvalue weighted by Crippen LogP contribution is 2.29. The van der Waals surface area contributed by atoms with Crippen molar-refractivity contribution in [3.8, 4) is 0 Å². The Kier molecular flexibility index (Phi) is 3.49. The Labute approximate surface area is 125 Å². The van der Waals surface area contributed by atoms with Crippen LogP contribution in [0.15, 0.2) is 30.5 Å². The molecule has 1 aliphatic rings. The Morgan fingerprint density at radius 1 is 1.43 bits per heavy atom. The summed E-state index contributed by atoms with van der Waals surface area (Å²) < 4.78 is 0. The molecular weight excluding hydrogens is 262 g/mol. The fourth-order valence-corrected chi connectivity index (χ4v) is 3.16. The first kappa shape index (κ1) is 14.1. The maximum Gasteiger partial charge on any atom is 0.239 e. The summed E-state index contributed by atoms with van der Waals surface area (Å²) in [7, 11) is 0. The number of amides is 1. The van der Waals surface area contributed by atoms with Crippen molar-refractivity contribution in [3.05, 3.63) is 36.0 Å². The van der Waals surface area contributed by atoms with Crippen molar-refractivity contribution in [2.45, 2.75) is 32.7 Å². The number of fused-ring (bicyclic) bond motifs is 1. The molecule has 4 heteroatoms. The van der Waals surface area contributed by atoms with Gasteiger partial charge >= 0.3 is 0 Å². The molecule has 0 bridgehead atoms. The number of hydrogen-bond acceptors (Lipinski definition) is 2. The number of H-pyrrole nitrogens is 1. The van der Waals surface area contributed by atoms with Crippen molar-refractivity contribution >= 4 is 16.8 Å². The summed E-state index contributed by atoms with van der Waals surface area (Å²) in [5.41, 5.74) is 8.59. The number of likely N-dealkylation sites (tertiary alicyclic amines) is 1. The van der Waals surface area contributed by atoms with E-state index in [1.54, 1.807) is 0 Å². The Hall–Kier alpha value is -1.81. The molecular formula is C17H23N3O. The summed E-state index contributed by atoms with van der Waals surface area (Å²) in [6.45, 7) is 6.04. The third-order valence-corrected chi connectivity index (χ3v) is 4.42. The first-order valence-corrected chi connectivity index (χ1v) is 7.56. The van der Waals surface area contributed by atoms with E-state index in [9.17, 15) is 4.79 Å². The molecule has 0 spiro atoms. The fraction of sp³-hybridized carbons (Fsp3) is 0.471. The average molecular weight is 285 g/mol. The minimum atomic E-state index is -0.460. The molecule has 4 nitrogen and oxygen atoms in total. The quantitative estimate of drug-likeness (QED) is 0.909. The number of para-hydroxylation sites is 1. The lowest BCUT2D eigenvalue weighted by Gasteiger charge is -2.22. The van der Waals surface area contributed by atoms with Gasteiger partial charge in [0.05, 0.1) is 6.04 Å². The molecule has 1 aliphatic heterocycles. The van der Waals surface area contributed by atoms with Crippen LogP contribution in [0.1, 0.15) is 25.8 Å². The minimum absolute atomic E-state index is 0.0749. The molecule has 1 fully saturated rings. The number of nitrogens with two attached hydrogens (primary N) is 1. The van der Waals surface area contributed by atoms with E-state index in [4.69, 9.17) is 5.73 Å². The van der Waals surface area contributed by atoms with Crippen molar-refractivity contribution in [1.82, 2.24) is 9.88 Å². The second kappa shape index (κ2) is 5.19. The van der Waals surface area contributed by atoms with Gasteiger partial charge in [0.1, 0.15) is 0 Å². The number of nitrogens with one attached hydrogen (secondary N) is 1. The minimum Gasteiger partial charge on any atom is -0.361 e. The summed E-state index contributed by atoms with van der Waals surface area (Å²) in [5.74, 6) is 0.0749. The second-order valence-electron chi connectivity index (χ2n) is 6.84. The summed E-state index contributed by atoms with van der Waals surface area (Å²) in [6.07, 6.45) is 3.60. The summed E-state index contributed by atoms with van der Waals surface area (Å²) >= 11 is 0. The van der Waals surface area contributed by atoms with Crippen molar-refractivity contribution in [3.63, 3.8) is 0 Å². The molecule has 21 heavy (non-hydrogen) atoms. The lowest BCUT2D eigenvalue weighted by atomic mass is 9.93. The molecule has 2 heterocycles. The smallest absolute Gasteiger partial charge is 0.239 e. The molecule has 0 radical (unpaired) electrons. The summed E-state index contributed by atoms with van der Waals surface area (Å²) in [5, 5.41) is 1.16.